The Morgan fingerprint density at radius 2 is 0.927 bits per heavy atom. The second-order valence-electron chi connectivity index (χ2n) is 16.5. The zero-order valence-electron chi connectivity index (χ0n) is 31.2. The fraction of sp³-hybridized carbons (Fsp3) is 0.0943. The third kappa shape index (κ3) is 3.73. The van der Waals surface area contributed by atoms with Crippen LogP contribution >= 0.6 is 0 Å². The number of fused-ring (bicyclic) bond motifs is 16. The molecule has 260 valence electrons. The van der Waals surface area contributed by atoms with Gasteiger partial charge in [-0.3, -0.25) is 0 Å². The van der Waals surface area contributed by atoms with Gasteiger partial charge in [-0.05, 0) is 88.4 Å². The van der Waals surface area contributed by atoms with Crippen molar-refractivity contribution in [2.75, 3.05) is 0 Å². The Morgan fingerprint density at radius 1 is 0.400 bits per heavy atom. The maximum absolute atomic E-state index is 7.52. The molecule has 0 aromatic heterocycles. The van der Waals surface area contributed by atoms with Crippen LogP contribution in [-0.2, 0) is 10.8 Å². The van der Waals surface area contributed by atoms with Gasteiger partial charge in [-0.1, -0.05) is 190 Å². The Bertz CT molecular complexity index is 2890. The third-order valence-corrected chi connectivity index (χ3v) is 18.1. The van der Waals surface area contributed by atoms with Crippen LogP contribution in [0, 0.1) is 0 Å². The van der Waals surface area contributed by atoms with Crippen molar-refractivity contribution in [3.8, 4) is 56.0 Å². The highest BCUT2D eigenvalue weighted by Gasteiger charge is 2.52. The standard InChI is InChI=1S/C53H38OSi/c1-52(2)41-23-11-10-21-40(41)49-45(52)30-31-48-51(49)54-50-35(22-15-27-47(50)55(48,3)34-16-5-4-6-17-34)33-28-29-39-38-20-9-14-26-44(38)53(46(39)32-33)42-24-12-7-18-36(42)37-19-8-13-25-43(37)53/h4-32H,1-3H3. The van der Waals surface area contributed by atoms with Crippen molar-refractivity contribution in [3.63, 3.8) is 0 Å². The van der Waals surface area contributed by atoms with Crippen LogP contribution < -0.4 is 20.3 Å². The van der Waals surface area contributed by atoms with E-state index in [4.69, 9.17) is 4.74 Å². The number of hydrogen-bond acceptors (Lipinski definition) is 1. The molecule has 12 rings (SSSR count). The molecule has 0 saturated heterocycles. The van der Waals surface area contributed by atoms with Crippen molar-refractivity contribution in [1.82, 2.24) is 0 Å². The smallest absolute Gasteiger partial charge is 0.155 e. The molecule has 0 fully saturated rings. The summed E-state index contributed by atoms with van der Waals surface area (Å²) in [6.07, 6.45) is 0. The molecule has 4 aliphatic rings. The highest BCUT2D eigenvalue weighted by Crippen LogP contribution is 2.63. The van der Waals surface area contributed by atoms with Gasteiger partial charge in [0.15, 0.2) is 8.07 Å². The highest BCUT2D eigenvalue weighted by atomic mass is 28.3. The molecule has 1 heterocycles. The summed E-state index contributed by atoms with van der Waals surface area (Å²) in [5.41, 5.74) is 17.8. The first-order valence-corrected chi connectivity index (χ1v) is 22.0. The first kappa shape index (κ1) is 31.2. The molecule has 0 bridgehead atoms. The SMILES string of the molecule is CC1(C)c2ccccc2-c2c1ccc1c2Oc2c(-c3ccc4c(c3)C3(c5ccccc5-c5ccccc53)c3ccccc3-4)cccc2[Si]1(C)c1ccccc1. The second kappa shape index (κ2) is 10.7. The van der Waals surface area contributed by atoms with Crippen LogP contribution in [0.3, 0.4) is 0 Å². The minimum Gasteiger partial charge on any atom is -0.456 e. The Balaban J connectivity index is 1.14. The molecule has 1 aliphatic heterocycles. The van der Waals surface area contributed by atoms with Gasteiger partial charge < -0.3 is 4.74 Å². The number of ether oxygens (including phenoxy) is 1. The summed E-state index contributed by atoms with van der Waals surface area (Å²) in [6.45, 7) is 7.25. The molecule has 8 aromatic carbocycles. The molecule has 0 amide bonds. The number of benzene rings is 8. The van der Waals surface area contributed by atoms with E-state index in [-0.39, 0.29) is 5.41 Å². The highest BCUT2D eigenvalue weighted by molar-refractivity contribution is 7.12. The molecular formula is C53H38OSi. The molecule has 8 aromatic rings. The summed E-state index contributed by atoms with van der Waals surface area (Å²) in [4.78, 5) is 0. The van der Waals surface area contributed by atoms with E-state index >= 15 is 0 Å². The first-order chi connectivity index (χ1) is 26.9. The van der Waals surface area contributed by atoms with Crippen LogP contribution in [0.1, 0.15) is 47.2 Å². The lowest BCUT2D eigenvalue weighted by Crippen LogP contribution is -2.66. The van der Waals surface area contributed by atoms with E-state index in [0.29, 0.717) is 0 Å². The Labute approximate surface area is 323 Å². The van der Waals surface area contributed by atoms with Gasteiger partial charge in [-0.25, -0.2) is 0 Å². The van der Waals surface area contributed by atoms with Crippen molar-refractivity contribution >= 4 is 23.6 Å². The molecule has 1 nitrogen and oxygen atoms in total. The lowest BCUT2D eigenvalue weighted by Gasteiger charge is -2.38. The van der Waals surface area contributed by atoms with Gasteiger partial charge >= 0.3 is 0 Å². The van der Waals surface area contributed by atoms with Crippen molar-refractivity contribution in [3.05, 3.63) is 209 Å². The monoisotopic (exact) mass is 718 g/mol. The minimum atomic E-state index is -2.55. The topological polar surface area (TPSA) is 9.23 Å². The maximum Gasteiger partial charge on any atom is 0.155 e. The molecule has 0 saturated carbocycles. The summed E-state index contributed by atoms with van der Waals surface area (Å²) in [5.74, 6) is 2.04. The van der Waals surface area contributed by atoms with E-state index in [2.05, 4.69) is 196 Å². The fourth-order valence-corrected chi connectivity index (χ4v) is 15.0. The number of para-hydroxylation sites is 1. The number of rotatable bonds is 2. The quantitative estimate of drug-likeness (QED) is 0.162. The lowest BCUT2D eigenvalue weighted by atomic mass is 9.70. The Morgan fingerprint density at radius 3 is 1.58 bits per heavy atom. The Hall–Kier alpha value is -6.22. The zero-order chi connectivity index (χ0) is 36.7. The molecule has 0 N–H and O–H groups in total. The fourth-order valence-electron chi connectivity index (χ4n) is 11.1. The van der Waals surface area contributed by atoms with E-state index in [1.165, 1.54) is 87.9 Å². The van der Waals surface area contributed by atoms with E-state index < -0.39 is 13.5 Å². The van der Waals surface area contributed by atoms with Gasteiger partial charge in [0, 0.05) is 16.5 Å². The van der Waals surface area contributed by atoms with Gasteiger partial charge in [-0.15, -0.1) is 0 Å². The predicted molar refractivity (Wildman–Crippen MR) is 229 cm³/mol. The average molecular weight is 719 g/mol. The zero-order valence-corrected chi connectivity index (χ0v) is 32.2. The average Bonchev–Trinajstić information content (AvgIpc) is 3.79. The third-order valence-electron chi connectivity index (χ3n) is 13.7. The van der Waals surface area contributed by atoms with Crippen molar-refractivity contribution in [2.45, 2.75) is 31.2 Å². The molecule has 0 radical (unpaired) electrons. The van der Waals surface area contributed by atoms with Crippen molar-refractivity contribution in [2.24, 2.45) is 0 Å². The molecule has 1 atom stereocenters. The Kier molecular flexibility index (Phi) is 6.07. The van der Waals surface area contributed by atoms with Gasteiger partial charge in [0.25, 0.3) is 0 Å². The maximum atomic E-state index is 7.52. The molecule has 2 heteroatoms. The lowest BCUT2D eigenvalue weighted by molar-refractivity contribution is 0.489. The van der Waals surface area contributed by atoms with Gasteiger partial charge in [-0.2, -0.15) is 0 Å². The van der Waals surface area contributed by atoms with Crippen LogP contribution in [0.5, 0.6) is 11.5 Å². The largest absolute Gasteiger partial charge is 0.456 e. The summed E-state index contributed by atoms with van der Waals surface area (Å²) >= 11 is 0. The van der Waals surface area contributed by atoms with Crippen LogP contribution in [-0.4, -0.2) is 8.07 Å². The summed E-state index contributed by atoms with van der Waals surface area (Å²) in [5, 5.41) is 4.06. The second-order valence-corrected chi connectivity index (χ2v) is 20.4. The number of hydrogen-bond donors (Lipinski definition) is 0. The van der Waals surface area contributed by atoms with E-state index in [9.17, 15) is 0 Å². The van der Waals surface area contributed by atoms with Gasteiger partial charge in [0.2, 0.25) is 0 Å². The molecule has 1 unspecified atom stereocenters. The molecular weight excluding hydrogens is 681 g/mol. The van der Waals surface area contributed by atoms with Crippen LogP contribution in [0.2, 0.25) is 6.55 Å². The minimum absolute atomic E-state index is 0.119. The van der Waals surface area contributed by atoms with Crippen LogP contribution in [0.15, 0.2) is 176 Å². The van der Waals surface area contributed by atoms with Crippen LogP contribution in [0.25, 0.3) is 44.5 Å². The predicted octanol–water partition coefficient (Wildman–Crippen LogP) is 11.2. The van der Waals surface area contributed by atoms with Gasteiger partial charge in [0.1, 0.15) is 11.5 Å². The van der Waals surface area contributed by atoms with Gasteiger partial charge in [0.05, 0.1) is 5.41 Å². The summed E-state index contributed by atoms with van der Waals surface area (Å²) < 4.78 is 7.52. The van der Waals surface area contributed by atoms with E-state index in [0.717, 1.165) is 17.1 Å². The normalized spacial score (nSPS) is 17.9. The van der Waals surface area contributed by atoms with E-state index in [1.807, 2.05) is 0 Å². The first-order valence-electron chi connectivity index (χ1n) is 19.5. The molecule has 3 aliphatic carbocycles. The van der Waals surface area contributed by atoms with E-state index in [1.54, 1.807) is 0 Å². The van der Waals surface area contributed by atoms with Crippen LogP contribution in [0.4, 0.5) is 0 Å². The summed E-state index contributed by atoms with van der Waals surface area (Å²) in [6, 6.07) is 66.3. The van der Waals surface area contributed by atoms with Crippen molar-refractivity contribution < 1.29 is 4.74 Å². The molecule has 55 heavy (non-hydrogen) atoms. The molecule has 1 spiro atoms. The summed E-state index contributed by atoms with van der Waals surface area (Å²) in [7, 11) is -2.55. The van der Waals surface area contributed by atoms with Crippen molar-refractivity contribution in [1.29, 1.82) is 0 Å².